The van der Waals surface area contributed by atoms with Gasteiger partial charge in [-0.2, -0.15) is 0 Å². The fourth-order valence-corrected chi connectivity index (χ4v) is 1.54. The molecule has 122 valence electrons. The van der Waals surface area contributed by atoms with Crippen LogP contribution in [-0.2, 0) is 0 Å². The van der Waals surface area contributed by atoms with E-state index in [2.05, 4.69) is 0 Å². The number of rotatable bonds is 0. The van der Waals surface area contributed by atoms with Crippen LogP contribution in [0.5, 0.6) is 0 Å². The Labute approximate surface area is 202 Å². The fourth-order valence-electron chi connectivity index (χ4n) is 1.54. The van der Waals surface area contributed by atoms with Gasteiger partial charge in [0, 0.05) is 59.1 Å². The van der Waals surface area contributed by atoms with Crippen molar-refractivity contribution in [2.45, 2.75) is 0 Å². The van der Waals surface area contributed by atoms with E-state index in [9.17, 15) is 0 Å². The van der Waals surface area contributed by atoms with Gasteiger partial charge in [-0.05, 0) is 0 Å². The van der Waals surface area contributed by atoms with E-state index < -0.39 is 0 Å². The normalized spacial score (nSPS) is 7.38. The van der Waals surface area contributed by atoms with Gasteiger partial charge in [0.2, 0.25) is 0 Å². The quantitative estimate of drug-likeness (QED) is 0.339. The molecule has 0 heterocycles. The van der Waals surface area contributed by atoms with E-state index in [1.54, 1.807) is 0 Å². The van der Waals surface area contributed by atoms with Crippen LogP contribution >= 0.6 is 0 Å². The predicted octanol–water partition coefficient (Wildman–Crippen LogP) is 5.98. The second kappa shape index (κ2) is 23.9. The molecule has 0 amide bonds. The van der Waals surface area contributed by atoms with E-state index in [0.717, 1.165) is 0 Å². The molecule has 0 N–H and O–H groups in total. The summed E-state index contributed by atoms with van der Waals surface area (Å²) in [5.41, 5.74) is 0. The molecule has 4 rings (SSSR count). The molecule has 0 bridgehead atoms. The molecule has 0 saturated heterocycles. The van der Waals surface area contributed by atoms with Crippen LogP contribution in [0, 0.1) is 0 Å². The summed E-state index contributed by atoms with van der Waals surface area (Å²) in [7, 11) is 0. The van der Waals surface area contributed by atoms with Crippen LogP contribution in [0.25, 0.3) is 0 Å². The first-order chi connectivity index (χ1) is 12.0. The summed E-state index contributed by atoms with van der Waals surface area (Å²) in [4.78, 5) is 0. The smallest absolute Gasteiger partial charge is 0 e. The Hall–Kier alpha value is -1.12. The van der Waals surface area contributed by atoms with Gasteiger partial charge >= 0.3 is 0 Å². The fraction of sp³-hybridized carbons (Fsp3) is 0. The van der Waals surface area contributed by atoms with Crippen molar-refractivity contribution in [2.24, 2.45) is 0 Å². The maximum atomic E-state index is 2.00. The van der Waals surface area contributed by atoms with Crippen LogP contribution in [0.15, 0.2) is 146 Å². The van der Waals surface area contributed by atoms with Gasteiger partial charge in [0.25, 0.3) is 0 Å². The van der Waals surface area contributed by atoms with Crippen molar-refractivity contribution in [1.29, 1.82) is 0 Å². The molecule has 2 radical (unpaired) electrons. The molecule has 0 aromatic heterocycles. The zero-order chi connectivity index (χ0) is 17.0. The molecule has 0 aliphatic carbocycles. The van der Waals surface area contributed by atoms with Crippen LogP contribution < -0.4 is 0 Å². The van der Waals surface area contributed by atoms with Gasteiger partial charge < -0.3 is 0 Å². The van der Waals surface area contributed by atoms with Gasteiger partial charge in [-0.3, -0.25) is 0 Å². The first kappa shape index (κ1) is 27.1. The zero-order valence-electron chi connectivity index (χ0n) is 15.9. The van der Waals surface area contributed by atoms with Crippen LogP contribution in [0.2, 0.25) is 0 Å². The average Bonchev–Trinajstić information content (AvgIpc) is 2.75. The molecule has 0 fully saturated rings. The Kier molecular flexibility index (Phi) is 24.9. The Bertz CT molecular complexity index is 424. The topological polar surface area (TPSA) is 0 Å². The molecule has 0 unspecified atom stereocenters. The van der Waals surface area contributed by atoms with Gasteiger partial charge in [-0.1, -0.05) is 146 Å². The molecule has 4 aromatic carbocycles. The van der Waals surface area contributed by atoms with E-state index in [1.807, 2.05) is 146 Å². The second-order valence-electron chi connectivity index (χ2n) is 4.62. The third-order valence-electron chi connectivity index (χ3n) is 2.67. The minimum Gasteiger partial charge on any atom is -0.0623 e. The van der Waals surface area contributed by atoms with Crippen LogP contribution in [0.1, 0.15) is 0 Å². The first-order valence-corrected chi connectivity index (χ1v) is 8.00. The Morgan fingerprint density at radius 3 is 0.192 bits per heavy atom. The monoisotopic (exact) mass is 358 g/mol. The second-order valence-corrected chi connectivity index (χ2v) is 4.62. The summed E-state index contributed by atoms with van der Waals surface area (Å²) in [6, 6.07) is 48.0. The molecule has 0 aliphatic rings. The minimum absolute atomic E-state index is 0. The number of hydrogen-bond acceptors (Lipinski definition) is 0. The molecule has 0 atom stereocenters. The Balaban J connectivity index is 0. The molecular formula is C24H24Na2. The van der Waals surface area contributed by atoms with Crippen molar-refractivity contribution in [3.8, 4) is 0 Å². The molecule has 0 aliphatic heterocycles. The maximum Gasteiger partial charge on any atom is 0 e. The van der Waals surface area contributed by atoms with Crippen molar-refractivity contribution in [1.82, 2.24) is 0 Å². The van der Waals surface area contributed by atoms with E-state index in [4.69, 9.17) is 0 Å². The Morgan fingerprint density at radius 2 is 0.154 bits per heavy atom. The van der Waals surface area contributed by atoms with Crippen molar-refractivity contribution < 1.29 is 0 Å². The van der Waals surface area contributed by atoms with Gasteiger partial charge in [-0.25, -0.2) is 0 Å². The first-order valence-electron chi connectivity index (χ1n) is 8.00. The standard InChI is InChI=1S/4C6H6.2Na/c4*1-2-4-6-5-3-1;;/h4*1-6H;;. The van der Waals surface area contributed by atoms with Crippen molar-refractivity contribution >= 4 is 59.1 Å². The average molecular weight is 358 g/mol. The van der Waals surface area contributed by atoms with Crippen LogP contribution in [0.3, 0.4) is 0 Å². The third-order valence-corrected chi connectivity index (χ3v) is 2.67. The molecule has 4 aromatic rings. The van der Waals surface area contributed by atoms with Gasteiger partial charge in [0.15, 0.2) is 0 Å². The van der Waals surface area contributed by atoms with Crippen molar-refractivity contribution in [3.05, 3.63) is 146 Å². The number of benzene rings is 4. The van der Waals surface area contributed by atoms with Crippen LogP contribution in [0.4, 0.5) is 0 Å². The maximum absolute atomic E-state index is 2.00. The van der Waals surface area contributed by atoms with E-state index in [0.29, 0.717) is 0 Å². The van der Waals surface area contributed by atoms with Crippen molar-refractivity contribution in [2.75, 3.05) is 0 Å². The predicted molar refractivity (Wildman–Crippen MR) is 117 cm³/mol. The molecule has 0 spiro atoms. The summed E-state index contributed by atoms with van der Waals surface area (Å²) in [5, 5.41) is 0. The third kappa shape index (κ3) is 20.9. The van der Waals surface area contributed by atoms with E-state index >= 15 is 0 Å². The Morgan fingerprint density at radius 1 is 0.115 bits per heavy atom. The van der Waals surface area contributed by atoms with Gasteiger partial charge in [-0.15, -0.1) is 0 Å². The van der Waals surface area contributed by atoms with Gasteiger partial charge in [0.05, 0.1) is 0 Å². The zero-order valence-corrected chi connectivity index (χ0v) is 19.9. The summed E-state index contributed by atoms with van der Waals surface area (Å²) >= 11 is 0. The molecule has 26 heavy (non-hydrogen) atoms. The number of hydrogen-bond donors (Lipinski definition) is 0. The van der Waals surface area contributed by atoms with E-state index in [-0.39, 0.29) is 59.1 Å². The summed E-state index contributed by atoms with van der Waals surface area (Å²) < 4.78 is 0. The summed E-state index contributed by atoms with van der Waals surface area (Å²) in [5.74, 6) is 0. The van der Waals surface area contributed by atoms with Crippen LogP contribution in [-0.4, -0.2) is 59.1 Å². The largest absolute Gasteiger partial charge is 0.0623 e. The summed E-state index contributed by atoms with van der Waals surface area (Å²) in [6.45, 7) is 0. The summed E-state index contributed by atoms with van der Waals surface area (Å²) in [6.07, 6.45) is 0. The molecular weight excluding hydrogens is 334 g/mol. The SMILES string of the molecule is [Na].[Na].c1ccccc1.c1ccccc1.c1ccccc1.c1ccccc1. The van der Waals surface area contributed by atoms with Crippen molar-refractivity contribution in [3.63, 3.8) is 0 Å². The molecule has 2 heteroatoms. The van der Waals surface area contributed by atoms with Gasteiger partial charge in [0.1, 0.15) is 0 Å². The minimum atomic E-state index is 0. The van der Waals surface area contributed by atoms with E-state index in [1.165, 1.54) is 0 Å². The molecule has 0 saturated carbocycles. The molecule has 0 nitrogen and oxygen atoms in total.